The molecule has 0 saturated carbocycles. The Kier molecular flexibility index (Phi) is 6.01. The summed E-state index contributed by atoms with van der Waals surface area (Å²) in [7, 11) is 0. The topological polar surface area (TPSA) is 59.4 Å². The van der Waals surface area contributed by atoms with Crippen molar-refractivity contribution >= 4 is 47.2 Å². The van der Waals surface area contributed by atoms with Gasteiger partial charge in [-0.2, -0.15) is 0 Å². The SMILES string of the molecule is N=Cc1ccc(N2CCN(C=O)CC2)cc1NCc1ccc(Cl)cc1Cl. The zero-order chi connectivity index (χ0) is 18.5. The number of halogens is 2. The van der Waals surface area contributed by atoms with Crippen molar-refractivity contribution in [1.82, 2.24) is 4.90 Å². The van der Waals surface area contributed by atoms with Crippen LogP contribution in [0.5, 0.6) is 0 Å². The third kappa shape index (κ3) is 4.29. The molecule has 1 aliphatic heterocycles. The first-order valence-corrected chi connectivity index (χ1v) is 9.13. The predicted molar refractivity (Wildman–Crippen MR) is 108 cm³/mol. The number of benzene rings is 2. The molecular formula is C19H20Cl2N4O. The summed E-state index contributed by atoms with van der Waals surface area (Å²) in [4.78, 5) is 14.9. The molecule has 1 aliphatic rings. The second kappa shape index (κ2) is 8.43. The summed E-state index contributed by atoms with van der Waals surface area (Å²) < 4.78 is 0. The van der Waals surface area contributed by atoms with E-state index in [1.54, 1.807) is 11.0 Å². The van der Waals surface area contributed by atoms with Crippen LogP contribution < -0.4 is 10.2 Å². The third-order valence-corrected chi connectivity index (χ3v) is 5.09. The minimum absolute atomic E-state index is 0.541. The van der Waals surface area contributed by atoms with Crippen LogP contribution in [0, 0.1) is 5.41 Å². The minimum Gasteiger partial charge on any atom is -0.380 e. The first-order chi connectivity index (χ1) is 12.6. The van der Waals surface area contributed by atoms with Gasteiger partial charge >= 0.3 is 0 Å². The highest BCUT2D eigenvalue weighted by Gasteiger charge is 2.16. The van der Waals surface area contributed by atoms with E-state index in [9.17, 15) is 4.79 Å². The number of nitrogens with zero attached hydrogens (tertiary/aromatic N) is 2. The van der Waals surface area contributed by atoms with E-state index in [0.717, 1.165) is 55.1 Å². The van der Waals surface area contributed by atoms with Gasteiger partial charge in [0.05, 0.1) is 0 Å². The molecule has 3 rings (SSSR count). The summed E-state index contributed by atoms with van der Waals surface area (Å²) in [5.41, 5.74) is 3.70. The number of nitrogens with one attached hydrogen (secondary N) is 2. The lowest BCUT2D eigenvalue weighted by molar-refractivity contribution is -0.118. The molecule has 0 bridgehead atoms. The fourth-order valence-electron chi connectivity index (χ4n) is 2.96. The molecule has 2 aromatic carbocycles. The number of carbonyl (C=O) groups excluding carboxylic acids is 1. The van der Waals surface area contributed by atoms with Crippen LogP contribution in [0.2, 0.25) is 10.0 Å². The maximum Gasteiger partial charge on any atom is 0.209 e. The summed E-state index contributed by atoms with van der Waals surface area (Å²) in [6.45, 7) is 3.58. The molecule has 7 heteroatoms. The molecule has 1 saturated heterocycles. The van der Waals surface area contributed by atoms with Gasteiger partial charge in [-0.25, -0.2) is 0 Å². The Balaban J connectivity index is 1.75. The predicted octanol–water partition coefficient (Wildman–Crippen LogP) is 3.88. The van der Waals surface area contributed by atoms with Gasteiger partial charge in [0.1, 0.15) is 0 Å². The molecule has 0 radical (unpaired) electrons. The molecule has 0 aliphatic carbocycles. The Morgan fingerprint density at radius 1 is 1.08 bits per heavy atom. The molecule has 5 nitrogen and oxygen atoms in total. The summed E-state index contributed by atoms with van der Waals surface area (Å²) in [6, 6.07) is 11.4. The van der Waals surface area contributed by atoms with E-state index in [-0.39, 0.29) is 0 Å². The van der Waals surface area contributed by atoms with Gasteiger partial charge in [-0.1, -0.05) is 29.3 Å². The summed E-state index contributed by atoms with van der Waals surface area (Å²) in [5.74, 6) is 0. The van der Waals surface area contributed by atoms with Crippen molar-refractivity contribution in [2.24, 2.45) is 0 Å². The molecule has 26 heavy (non-hydrogen) atoms. The number of hydrogen-bond acceptors (Lipinski definition) is 4. The van der Waals surface area contributed by atoms with Crippen LogP contribution in [0.25, 0.3) is 0 Å². The van der Waals surface area contributed by atoms with Gasteiger partial charge in [0, 0.05) is 65.9 Å². The molecule has 0 atom stereocenters. The molecule has 0 spiro atoms. The average molecular weight is 391 g/mol. The van der Waals surface area contributed by atoms with Crippen molar-refractivity contribution in [3.63, 3.8) is 0 Å². The summed E-state index contributed by atoms with van der Waals surface area (Å²) >= 11 is 12.2. The van der Waals surface area contributed by atoms with Crippen LogP contribution in [0.15, 0.2) is 36.4 Å². The molecular weight excluding hydrogens is 371 g/mol. The van der Waals surface area contributed by atoms with Gasteiger partial charge in [-0.15, -0.1) is 0 Å². The third-order valence-electron chi connectivity index (χ3n) is 4.51. The van der Waals surface area contributed by atoms with Crippen LogP contribution in [-0.4, -0.2) is 43.7 Å². The normalized spacial score (nSPS) is 14.2. The lowest BCUT2D eigenvalue weighted by Gasteiger charge is -2.34. The Labute approximate surface area is 163 Å². The molecule has 1 heterocycles. The maximum absolute atomic E-state index is 10.9. The molecule has 2 N–H and O–H groups in total. The molecule has 1 amide bonds. The zero-order valence-corrected chi connectivity index (χ0v) is 15.7. The van der Waals surface area contributed by atoms with Crippen molar-refractivity contribution in [1.29, 1.82) is 5.41 Å². The van der Waals surface area contributed by atoms with Gasteiger partial charge in [0.25, 0.3) is 0 Å². The molecule has 136 valence electrons. The van der Waals surface area contributed by atoms with Crippen LogP contribution in [-0.2, 0) is 11.3 Å². The van der Waals surface area contributed by atoms with Gasteiger partial charge in [-0.05, 0) is 35.9 Å². The zero-order valence-electron chi connectivity index (χ0n) is 14.2. The summed E-state index contributed by atoms with van der Waals surface area (Å²) in [6.07, 6.45) is 2.23. The monoisotopic (exact) mass is 390 g/mol. The lowest BCUT2D eigenvalue weighted by Crippen LogP contribution is -2.45. The van der Waals surface area contributed by atoms with Crippen molar-refractivity contribution in [3.8, 4) is 0 Å². The smallest absolute Gasteiger partial charge is 0.209 e. The first kappa shape index (κ1) is 18.5. The Bertz CT molecular complexity index is 804. The fourth-order valence-corrected chi connectivity index (χ4v) is 3.44. The van der Waals surface area contributed by atoms with Crippen molar-refractivity contribution in [3.05, 3.63) is 57.6 Å². The Morgan fingerprint density at radius 2 is 1.85 bits per heavy atom. The Morgan fingerprint density at radius 3 is 2.50 bits per heavy atom. The highest BCUT2D eigenvalue weighted by molar-refractivity contribution is 6.35. The fraction of sp³-hybridized carbons (Fsp3) is 0.263. The second-order valence-corrected chi connectivity index (χ2v) is 6.98. The average Bonchev–Trinajstić information content (AvgIpc) is 2.67. The van der Waals surface area contributed by atoms with E-state index in [4.69, 9.17) is 28.6 Å². The van der Waals surface area contributed by atoms with E-state index in [0.29, 0.717) is 16.6 Å². The number of piperazine rings is 1. The quantitative estimate of drug-likeness (QED) is 0.581. The lowest BCUT2D eigenvalue weighted by atomic mass is 10.1. The van der Waals surface area contributed by atoms with Gasteiger partial charge in [0.15, 0.2) is 0 Å². The Hall–Kier alpha value is -2.24. The molecule has 0 aromatic heterocycles. The van der Waals surface area contributed by atoms with E-state index in [1.165, 1.54) is 6.21 Å². The number of amides is 1. The van der Waals surface area contributed by atoms with E-state index in [2.05, 4.69) is 10.2 Å². The maximum atomic E-state index is 10.9. The number of anilines is 2. The van der Waals surface area contributed by atoms with Crippen LogP contribution in [0.3, 0.4) is 0 Å². The number of rotatable bonds is 6. The highest BCUT2D eigenvalue weighted by atomic mass is 35.5. The van der Waals surface area contributed by atoms with Crippen LogP contribution in [0.4, 0.5) is 11.4 Å². The van der Waals surface area contributed by atoms with Crippen molar-refractivity contribution < 1.29 is 4.79 Å². The van der Waals surface area contributed by atoms with Crippen molar-refractivity contribution in [2.75, 3.05) is 36.4 Å². The second-order valence-electron chi connectivity index (χ2n) is 6.13. The van der Waals surface area contributed by atoms with E-state index < -0.39 is 0 Å². The van der Waals surface area contributed by atoms with E-state index in [1.807, 2.05) is 30.3 Å². The molecule has 2 aromatic rings. The standard InChI is InChI=1S/C19H20Cl2N4O/c20-16-3-1-15(18(21)9-16)12-23-19-10-17(4-2-14(19)11-22)25-7-5-24(13-26)6-8-25/h1-4,9-11,13,22-23H,5-8,12H2. The molecule has 1 fully saturated rings. The van der Waals surface area contributed by atoms with E-state index >= 15 is 0 Å². The van der Waals surface area contributed by atoms with Gasteiger partial charge in [0.2, 0.25) is 6.41 Å². The highest BCUT2D eigenvalue weighted by Crippen LogP contribution is 2.26. The van der Waals surface area contributed by atoms with Gasteiger partial charge < -0.3 is 20.5 Å². The number of hydrogen-bond donors (Lipinski definition) is 2. The number of carbonyl (C=O) groups is 1. The first-order valence-electron chi connectivity index (χ1n) is 8.37. The minimum atomic E-state index is 0.541. The largest absolute Gasteiger partial charge is 0.380 e. The van der Waals surface area contributed by atoms with Gasteiger partial charge in [-0.3, -0.25) is 4.79 Å². The molecule has 0 unspecified atom stereocenters. The van der Waals surface area contributed by atoms with Crippen LogP contribution >= 0.6 is 23.2 Å². The summed E-state index contributed by atoms with van der Waals surface area (Å²) in [5, 5.41) is 12.2. The van der Waals surface area contributed by atoms with Crippen LogP contribution in [0.1, 0.15) is 11.1 Å². The van der Waals surface area contributed by atoms with Crippen molar-refractivity contribution in [2.45, 2.75) is 6.54 Å².